The molecule has 7 heavy (non-hydrogen) atoms. The van der Waals surface area contributed by atoms with Crippen molar-refractivity contribution in [1.82, 2.24) is 5.32 Å². The molecule has 1 saturated heterocycles. The Kier molecular flexibility index (Phi) is 1.27. The third-order valence-electron chi connectivity index (χ3n) is 0.992. The van der Waals surface area contributed by atoms with Gasteiger partial charge in [0, 0.05) is 13.0 Å². The molecule has 4 N–H and O–H groups in total. The van der Waals surface area contributed by atoms with Crippen LogP contribution in [0.3, 0.4) is 0 Å². The Morgan fingerprint density at radius 3 is 2.71 bits per heavy atom. The molecule has 1 heterocycles. The van der Waals surface area contributed by atoms with E-state index in [4.69, 9.17) is 10.8 Å². The Bertz CT molecular complexity index is 58.7. The van der Waals surface area contributed by atoms with Crippen LogP contribution in [0.4, 0.5) is 0 Å². The lowest BCUT2D eigenvalue weighted by molar-refractivity contribution is 0.226. The molecule has 0 spiro atoms. The van der Waals surface area contributed by atoms with Crippen LogP contribution in [0, 0.1) is 6.42 Å². The van der Waals surface area contributed by atoms with Crippen molar-refractivity contribution >= 4 is 0 Å². The molecule has 0 saturated carbocycles. The summed E-state index contributed by atoms with van der Waals surface area (Å²) in [5.74, 6) is 0. The molecular weight excluding hydrogens is 92.1 g/mol. The zero-order valence-electron chi connectivity index (χ0n) is 3.96. The number of aliphatic hydroxyl groups excluding tert-OH is 1. The maximum Gasteiger partial charge on any atom is 0.0725 e. The highest BCUT2D eigenvalue weighted by Crippen LogP contribution is 1.97. The Hall–Kier alpha value is -0.120. The minimum absolute atomic E-state index is 0.102. The average molecular weight is 101 g/mol. The molecule has 1 rings (SSSR count). The van der Waals surface area contributed by atoms with Gasteiger partial charge in [-0.2, -0.15) is 0 Å². The maximum atomic E-state index is 8.70. The summed E-state index contributed by atoms with van der Waals surface area (Å²) in [6.07, 6.45) is 1.23. The lowest BCUT2D eigenvalue weighted by Gasteiger charge is -1.95. The van der Waals surface area contributed by atoms with E-state index in [2.05, 4.69) is 5.32 Å². The Morgan fingerprint density at radius 2 is 2.57 bits per heavy atom. The standard InChI is InChI=1S/C4H9N2O/c5-4-1-3(7)2-6-4/h1,3-4,6-7H,2,5H2. The molecule has 2 unspecified atom stereocenters. The van der Waals surface area contributed by atoms with Crippen LogP contribution in [0.15, 0.2) is 0 Å². The van der Waals surface area contributed by atoms with Crippen LogP contribution in [0.5, 0.6) is 0 Å². The van der Waals surface area contributed by atoms with Gasteiger partial charge in [0.05, 0.1) is 12.3 Å². The molecule has 0 aliphatic carbocycles. The van der Waals surface area contributed by atoms with E-state index in [1.807, 2.05) is 0 Å². The highest BCUT2D eigenvalue weighted by Gasteiger charge is 2.17. The highest BCUT2D eigenvalue weighted by atomic mass is 16.3. The van der Waals surface area contributed by atoms with E-state index in [9.17, 15) is 0 Å². The summed E-state index contributed by atoms with van der Waals surface area (Å²) in [5, 5.41) is 11.5. The van der Waals surface area contributed by atoms with Crippen LogP contribution in [0.1, 0.15) is 0 Å². The van der Waals surface area contributed by atoms with Gasteiger partial charge in [0.15, 0.2) is 0 Å². The van der Waals surface area contributed by atoms with Crippen LogP contribution in [-0.4, -0.2) is 23.9 Å². The predicted molar refractivity (Wildman–Crippen MR) is 26.3 cm³/mol. The minimum Gasteiger partial charge on any atom is -0.391 e. The van der Waals surface area contributed by atoms with Gasteiger partial charge >= 0.3 is 0 Å². The summed E-state index contributed by atoms with van der Waals surface area (Å²) in [4.78, 5) is 0. The second-order valence-electron chi connectivity index (χ2n) is 1.69. The van der Waals surface area contributed by atoms with Crippen molar-refractivity contribution in [3.63, 3.8) is 0 Å². The third-order valence-corrected chi connectivity index (χ3v) is 0.992. The monoisotopic (exact) mass is 101 g/mol. The molecule has 41 valence electrons. The zero-order chi connectivity index (χ0) is 5.28. The lowest BCUT2D eigenvalue weighted by Crippen LogP contribution is -2.30. The van der Waals surface area contributed by atoms with Crippen LogP contribution in [0.2, 0.25) is 0 Å². The van der Waals surface area contributed by atoms with E-state index < -0.39 is 0 Å². The van der Waals surface area contributed by atoms with Gasteiger partial charge in [-0.25, -0.2) is 0 Å². The van der Waals surface area contributed by atoms with Gasteiger partial charge in [-0.15, -0.1) is 0 Å². The minimum atomic E-state index is -0.338. The molecule has 1 fully saturated rings. The summed E-state index contributed by atoms with van der Waals surface area (Å²) < 4.78 is 0. The summed E-state index contributed by atoms with van der Waals surface area (Å²) in [6, 6.07) is 0. The van der Waals surface area contributed by atoms with Crippen molar-refractivity contribution < 1.29 is 5.11 Å². The van der Waals surface area contributed by atoms with Crippen molar-refractivity contribution in [2.75, 3.05) is 6.54 Å². The summed E-state index contributed by atoms with van der Waals surface area (Å²) in [5.41, 5.74) is 5.30. The van der Waals surface area contributed by atoms with E-state index in [-0.39, 0.29) is 12.3 Å². The molecule has 1 aliphatic heterocycles. The summed E-state index contributed by atoms with van der Waals surface area (Å²) >= 11 is 0. The largest absolute Gasteiger partial charge is 0.391 e. The van der Waals surface area contributed by atoms with Crippen LogP contribution < -0.4 is 11.1 Å². The lowest BCUT2D eigenvalue weighted by atomic mass is 10.3. The number of hydrogen-bond acceptors (Lipinski definition) is 3. The molecule has 0 aromatic heterocycles. The molecule has 0 bridgehead atoms. The fourth-order valence-electron chi connectivity index (χ4n) is 0.632. The number of hydrogen-bond donors (Lipinski definition) is 3. The molecule has 2 atom stereocenters. The summed E-state index contributed by atoms with van der Waals surface area (Å²) in [6.45, 7) is 0.598. The van der Waals surface area contributed by atoms with Gasteiger partial charge in [-0.3, -0.25) is 5.32 Å². The molecule has 3 heteroatoms. The molecule has 0 aromatic carbocycles. The smallest absolute Gasteiger partial charge is 0.0725 e. The number of nitrogens with two attached hydrogens (primary N) is 1. The third kappa shape index (κ3) is 1.12. The number of β-amino-alcohol motifs (C(OH)–C–C–N with tert-alkyl or cyclic N) is 1. The Labute approximate surface area is 42.5 Å². The Morgan fingerprint density at radius 1 is 1.86 bits per heavy atom. The maximum absolute atomic E-state index is 8.70. The number of aliphatic hydroxyl groups is 1. The summed E-state index contributed by atoms with van der Waals surface area (Å²) in [7, 11) is 0. The van der Waals surface area contributed by atoms with Gasteiger partial charge in [0.25, 0.3) is 0 Å². The molecule has 0 amide bonds. The van der Waals surface area contributed by atoms with E-state index in [0.29, 0.717) is 6.54 Å². The SMILES string of the molecule is NC1[CH]C(O)CN1. The first-order chi connectivity index (χ1) is 3.29. The van der Waals surface area contributed by atoms with Crippen molar-refractivity contribution in [3.05, 3.63) is 6.42 Å². The van der Waals surface area contributed by atoms with E-state index in [1.165, 1.54) is 0 Å². The quantitative estimate of drug-likeness (QED) is 0.346. The van der Waals surface area contributed by atoms with E-state index >= 15 is 0 Å². The fourth-order valence-corrected chi connectivity index (χ4v) is 0.632. The van der Waals surface area contributed by atoms with Gasteiger partial charge in [-0.1, -0.05) is 0 Å². The van der Waals surface area contributed by atoms with Gasteiger partial charge in [0.2, 0.25) is 0 Å². The van der Waals surface area contributed by atoms with Crippen molar-refractivity contribution in [3.8, 4) is 0 Å². The second kappa shape index (κ2) is 1.78. The first kappa shape index (κ1) is 5.03. The van der Waals surface area contributed by atoms with Crippen molar-refractivity contribution in [2.24, 2.45) is 5.73 Å². The molecular formula is C4H9N2O. The van der Waals surface area contributed by atoms with Gasteiger partial charge in [0.1, 0.15) is 0 Å². The van der Waals surface area contributed by atoms with E-state index in [1.54, 1.807) is 6.42 Å². The average Bonchev–Trinajstić information content (AvgIpc) is 1.87. The first-order valence-electron chi connectivity index (χ1n) is 2.31. The van der Waals surface area contributed by atoms with Gasteiger partial charge in [-0.05, 0) is 0 Å². The second-order valence-corrected chi connectivity index (χ2v) is 1.69. The molecule has 1 radical (unpaired) electrons. The molecule has 0 aromatic rings. The fraction of sp³-hybridized carbons (Fsp3) is 0.750. The van der Waals surface area contributed by atoms with Crippen LogP contribution in [-0.2, 0) is 0 Å². The first-order valence-corrected chi connectivity index (χ1v) is 2.31. The van der Waals surface area contributed by atoms with Crippen molar-refractivity contribution in [1.29, 1.82) is 0 Å². The topological polar surface area (TPSA) is 58.3 Å². The molecule has 3 nitrogen and oxygen atoms in total. The van der Waals surface area contributed by atoms with Crippen molar-refractivity contribution in [2.45, 2.75) is 12.3 Å². The van der Waals surface area contributed by atoms with Crippen LogP contribution >= 0.6 is 0 Å². The number of nitrogens with one attached hydrogen (secondary N) is 1. The van der Waals surface area contributed by atoms with Gasteiger partial charge < -0.3 is 10.8 Å². The zero-order valence-corrected chi connectivity index (χ0v) is 3.96. The van der Waals surface area contributed by atoms with E-state index in [0.717, 1.165) is 0 Å². The number of rotatable bonds is 0. The normalized spacial score (nSPS) is 42.0. The Balaban J connectivity index is 2.26. The predicted octanol–water partition coefficient (Wildman–Crippen LogP) is -1.56. The van der Waals surface area contributed by atoms with Crippen LogP contribution in [0.25, 0.3) is 0 Å². The molecule has 1 aliphatic rings. The highest BCUT2D eigenvalue weighted by molar-refractivity contribution is 4.93.